The summed E-state index contributed by atoms with van der Waals surface area (Å²) >= 11 is 0. The molecule has 0 saturated carbocycles. The van der Waals surface area contributed by atoms with Gasteiger partial charge in [-0.05, 0) is 30.7 Å². The quantitative estimate of drug-likeness (QED) is 0.203. The van der Waals surface area contributed by atoms with Gasteiger partial charge < -0.3 is 20.1 Å². The molecule has 12 heteroatoms. The molecule has 11 nitrogen and oxygen atoms in total. The number of carboxylic acids is 1. The summed E-state index contributed by atoms with van der Waals surface area (Å²) in [5.41, 5.74) is 1.50. The first-order chi connectivity index (χ1) is 15.6. The number of rotatable bonds is 11. The van der Waals surface area contributed by atoms with Gasteiger partial charge in [0.15, 0.2) is 6.54 Å². The number of nitrogens with one attached hydrogen (secondary N) is 2. The van der Waals surface area contributed by atoms with Crippen LogP contribution < -0.4 is 10.0 Å². The van der Waals surface area contributed by atoms with Gasteiger partial charge in [0.1, 0.15) is 18.8 Å². The van der Waals surface area contributed by atoms with Crippen molar-refractivity contribution in [1.29, 1.82) is 0 Å². The third-order valence-corrected chi connectivity index (χ3v) is 6.49. The first kappa shape index (κ1) is 26.0. The lowest BCUT2D eigenvalue weighted by molar-refractivity contribution is -0.920. The van der Waals surface area contributed by atoms with Crippen LogP contribution in [0.3, 0.4) is 0 Å². The Labute approximate surface area is 192 Å². The Morgan fingerprint density at radius 2 is 1.88 bits per heavy atom. The molecule has 0 aromatic heterocycles. The highest BCUT2D eigenvalue weighted by molar-refractivity contribution is 7.90. The fourth-order valence-corrected chi connectivity index (χ4v) is 4.65. The molecular formula is C21H29N4O7S+. The highest BCUT2D eigenvalue weighted by Crippen LogP contribution is 2.19. The number of hydrogen-bond donors (Lipinski definition) is 4. The molecule has 4 N–H and O–H groups in total. The predicted octanol–water partition coefficient (Wildman–Crippen LogP) is 0.464. The first-order valence-corrected chi connectivity index (χ1v) is 12.1. The van der Waals surface area contributed by atoms with Crippen LogP contribution in [0.2, 0.25) is 0 Å². The topological polar surface area (TPSA) is 162 Å². The van der Waals surface area contributed by atoms with Crippen molar-refractivity contribution in [1.82, 2.24) is 10.0 Å². The van der Waals surface area contributed by atoms with Crippen molar-refractivity contribution in [2.24, 2.45) is 5.16 Å². The van der Waals surface area contributed by atoms with E-state index < -0.39 is 27.8 Å². The molecule has 0 bridgehead atoms. The molecule has 2 rings (SSSR count). The number of sulfonamides is 1. The number of quaternary nitrogens is 1. The maximum atomic E-state index is 12.6. The second-order valence-corrected chi connectivity index (χ2v) is 9.77. The summed E-state index contributed by atoms with van der Waals surface area (Å²) in [6, 6.07) is 6.61. The number of oxime groups is 1. The summed E-state index contributed by atoms with van der Waals surface area (Å²) < 4.78 is 26.2. The molecule has 1 atom stereocenters. The molecule has 0 spiro atoms. The molecule has 0 radical (unpaired) electrons. The predicted molar refractivity (Wildman–Crippen MR) is 120 cm³/mol. The van der Waals surface area contributed by atoms with E-state index >= 15 is 0 Å². The summed E-state index contributed by atoms with van der Waals surface area (Å²) in [5, 5.41) is 23.7. The molecule has 33 heavy (non-hydrogen) atoms. The molecule has 1 unspecified atom stereocenters. The van der Waals surface area contributed by atoms with Gasteiger partial charge in [-0.2, -0.15) is 0 Å². The fourth-order valence-electron chi connectivity index (χ4n) is 3.60. The van der Waals surface area contributed by atoms with Crippen LogP contribution >= 0.6 is 0 Å². The minimum Gasteiger partial charge on any atom is -0.481 e. The molecule has 1 heterocycles. The monoisotopic (exact) mass is 481 g/mol. The van der Waals surface area contributed by atoms with Gasteiger partial charge in [-0.3, -0.25) is 14.4 Å². The number of hydrogen-bond acceptors (Lipinski definition) is 7. The van der Waals surface area contributed by atoms with Crippen LogP contribution in [0.4, 0.5) is 0 Å². The van der Waals surface area contributed by atoms with E-state index in [1.165, 1.54) is 0 Å². The summed E-state index contributed by atoms with van der Waals surface area (Å²) in [5.74, 6) is -2.21. The number of carbonyl (C=O) groups excluding carboxylic acids is 2. The van der Waals surface area contributed by atoms with Gasteiger partial charge in [0.2, 0.25) is 10.0 Å². The number of amides is 2. The van der Waals surface area contributed by atoms with Crippen molar-refractivity contribution in [2.75, 3.05) is 31.9 Å². The Morgan fingerprint density at radius 1 is 1.18 bits per heavy atom. The summed E-state index contributed by atoms with van der Waals surface area (Å²) in [6.45, 7) is 2.52. The van der Waals surface area contributed by atoms with E-state index in [0.29, 0.717) is 30.8 Å². The molecule has 2 amide bonds. The zero-order valence-corrected chi connectivity index (χ0v) is 19.2. The van der Waals surface area contributed by atoms with Gasteiger partial charge >= 0.3 is 5.97 Å². The number of carboxylic acid groups (broad SMARTS) is 1. The lowest BCUT2D eigenvalue weighted by Crippen LogP contribution is -2.57. The molecule has 1 aromatic rings. The minimum atomic E-state index is -3.72. The van der Waals surface area contributed by atoms with Crippen LogP contribution in [-0.4, -0.2) is 78.6 Å². The van der Waals surface area contributed by atoms with E-state index in [9.17, 15) is 28.0 Å². The average Bonchev–Trinajstić information content (AvgIpc) is 2.73. The zero-order valence-electron chi connectivity index (χ0n) is 18.4. The van der Waals surface area contributed by atoms with Gasteiger partial charge in [-0.15, -0.1) is 0 Å². The lowest BCUT2D eigenvalue weighted by atomic mass is 10.1. The van der Waals surface area contributed by atoms with Crippen LogP contribution in [-0.2, 0) is 26.2 Å². The van der Waals surface area contributed by atoms with Crippen molar-refractivity contribution in [3.8, 4) is 0 Å². The molecule has 0 saturated heterocycles. The molecule has 180 valence electrons. The van der Waals surface area contributed by atoms with Crippen molar-refractivity contribution in [2.45, 2.75) is 26.3 Å². The van der Waals surface area contributed by atoms with E-state index in [-0.39, 0.29) is 36.3 Å². The first-order valence-electron chi connectivity index (χ1n) is 10.4. The minimum absolute atomic E-state index is 0.0155. The average molecular weight is 482 g/mol. The van der Waals surface area contributed by atoms with Crippen LogP contribution in [0.5, 0.6) is 0 Å². The highest BCUT2D eigenvalue weighted by atomic mass is 32.2. The Bertz CT molecular complexity index is 1040. The molecule has 1 aliphatic rings. The highest BCUT2D eigenvalue weighted by Gasteiger charge is 2.35. The van der Waals surface area contributed by atoms with Gasteiger partial charge in [-0.25, -0.2) is 13.1 Å². The lowest BCUT2D eigenvalue weighted by Gasteiger charge is -2.38. The van der Waals surface area contributed by atoms with Crippen molar-refractivity contribution in [3.63, 3.8) is 0 Å². The summed E-state index contributed by atoms with van der Waals surface area (Å²) in [6.07, 6.45) is 3.61. The van der Waals surface area contributed by atoms with E-state index in [1.54, 1.807) is 43.3 Å². The van der Waals surface area contributed by atoms with E-state index in [2.05, 4.69) is 15.2 Å². The van der Waals surface area contributed by atoms with Gasteiger partial charge in [0, 0.05) is 17.7 Å². The molecule has 1 aromatic carbocycles. The standard InChI is InChI=1S/C21H28N4O7S/c1-2-12-33(31,32)24-19(26)15-25(11-3-4-18(14-25)23-30)13-16-5-7-17(8-6-16)21(29)22-10-9-20(27)28/h3-8H,2,9-15H2,1H3,(H3-,22,24,26,27,28,29,30)/p+1/b23-18+. The number of aliphatic carboxylic acids is 1. The van der Waals surface area contributed by atoms with Crippen molar-refractivity contribution >= 4 is 33.5 Å². The zero-order chi connectivity index (χ0) is 24.5. The largest absolute Gasteiger partial charge is 0.481 e. The summed E-state index contributed by atoms with van der Waals surface area (Å²) in [4.78, 5) is 35.3. The second kappa shape index (κ2) is 11.6. The van der Waals surface area contributed by atoms with Crippen LogP contribution in [0.1, 0.15) is 35.7 Å². The van der Waals surface area contributed by atoms with E-state index in [1.807, 2.05) is 0 Å². The number of benzene rings is 1. The third-order valence-electron chi connectivity index (χ3n) is 5.01. The van der Waals surface area contributed by atoms with E-state index in [4.69, 9.17) is 5.11 Å². The number of nitrogens with zero attached hydrogens (tertiary/aromatic N) is 2. The van der Waals surface area contributed by atoms with Gasteiger partial charge in [0.25, 0.3) is 11.8 Å². The van der Waals surface area contributed by atoms with E-state index in [0.717, 1.165) is 5.56 Å². The van der Waals surface area contributed by atoms with Crippen LogP contribution in [0.25, 0.3) is 0 Å². The Balaban J connectivity index is 2.15. The second-order valence-electron chi connectivity index (χ2n) is 7.93. The van der Waals surface area contributed by atoms with Gasteiger partial charge in [-0.1, -0.05) is 24.2 Å². The third kappa shape index (κ3) is 8.31. The smallest absolute Gasteiger partial charge is 0.305 e. The Morgan fingerprint density at radius 3 is 2.48 bits per heavy atom. The SMILES string of the molecule is CCCS(=O)(=O)NC(=O)C[N+]1(Cc2ccc(C(=O)NCCC(=O)O)cc2)CC=C/C(=N\O)C1. The van der Waals surface area contributed by atoms with Crippen LogP contribution in [0, 0.1) is 0 Å². The molecule has 0 aliphatic carbocycles. The maximum absolute atomic E-state index is 12.6. The summed E-state index contributed by atoms with van der Waals surface area (Å²) in [7, 11) is -3.72. The fraction of sp³-hybridized carbons (Fsp3) is 0.429. The normalized spacial score (nSPS) is 19.2. The maximum Gasteiger partial charge on any atom is 0.305 e. The molecule has 0 fully saturated rings. The number of carbonyl (C=O) groups is 3. The Hall–Kier alpha value is -3.25. The molecule has 1 aliphatic heterocycles. The molecular weight excluding hydrogens is 452 g/mol. The van der Waals surface area contributed by atoms with Crippen molar-refractivity contribution < 1.29 is 37.6 Å². The van der Waals surface area contributed by atoms with Crippen molar-refractivity contribution in [3.05, 3.63) is 47.5 Å². The van der Waals surface area contributed by atoms with Crippen LogP contribution in [0.15, 0.2) is 41.6 Å². The van der Waals surface area contributed by atoms with Gasteiger partial charge in [0.05, 0.1) is 18.7 Å². The Kier molecular flexibility index (Phi) is 9.12.